The standard InChI is InChI=1S/C38H44N6/c1-39-33(29-17-9-5-10-18-29)34(30-19-11-6-12-20-30)40(2)37(39)43-25-27-44(28-26-43)38-41(3)35(31-21-13-7-14-22-31)36(42(38)4)32-23-15-8-16-24-32/h5-24,33-36H,25-28H2,1-4H3/q+2/t33-,34-,35-,36-/m0/s1. The Morgan fingerprint density at radius 2 is 0.568 bits per heavy atom. The van der Waals surface area contributed by atoms with Gasteiger partial charge in [0, 0.05) is 0 Å². The predicted molar refractivity (Wildman–Crippen MR) is 178 cm³/mol. The van der Waals surface area contributed by atoms with Crippen LogP contribution in [0.3, 0.4) is 0 Å². The number of hydrogen-bond donors (Lipinski definition) is 0. The van der Waals surface area contributed by atoms with E-state index in [2.05, 4.69) is 178 Å². The Labute approximate surface area is 262 Å². The molecule has 4 aromatic carbocycles. The van der Waals surface area contributed by atoms with Crippen LogP contribution in [0, 0.1) is 0 Å². The summed E-state index contributed by atoms with van der Waals surface area (Å²) < 4.78 is 5.21. The van der Waals surface area contributed by atoms with Gasteiger partial charge < -0.3 is 0 Å². The Morgan fingerprint density at radius 1 is 0.364 bits per heavy atom. The second-order valence-electron chi connectivity index (χ2n) is 12.4. The number of piperazine rings is 1. The zero-order chi connectivity index (χ0) is 30.2. The average molecular weight is 585 g/mol. The summed E-state index contributed by atoms with van der Waals surface area (Å²) in [5, 5.41) is 0. The van der Waals surface area contributed by atoms with Crippen LogP contribution >= 0.6 is 0 Å². The molecule has 0 radical (unpaired) electrons. The number of benzene rings is 4. The fourth-order valence-corrected chi connectivity index (χ4v) is 8.07. The van der Waals surface area contributed by atoms with Gasteiger partial charge in [-0.2, -0.15) is 0 Å². The van der Waals surface area contributed by atoms with Crippen molar-refractivity contribution in [3.8, 4) is 0 Å². The lowest BCUT2D eigenvalue weighted by Gasteiger charge is -2.26. The summed E-state index contributed by atoms with van der Waals surface area (Å²) in [6, 6.07) is 45.0. The van der Waals surface area contributed by atoms with Crippen LogP contribution in [0.5, 0.6) is 0 Å². The van der Waals surface area contributed by atoms with Crippen molar-refractivity contribution in [1.29, 1.82) is 0 Å². The van der Waals surface area contributed by atoms with Gasteiger partial charge in [-0.15, -0.1) is 0 Å². The molecule has 3 aliphatic rings. The molecular weight excluding hydrogens is 540 g/mol. The average Bonchev–Trinajstić information content (AvgIpc) is 3.50. The summed E-state index contributed by atoms with van der Waals surface area (Å²) in [4.78, 5) is 10.1. The minimum absolute atomic E-state index is 0.247. The summed E-state index contributed by atoms with van der Waals surface area (Å²) in [7, 11) is 9.12. The SMILES string of the molecule is CN1C(=[N+]2CC[N+](=C3N(C)[C@@H](c4ccccc4)[C@H](c4ccccc4)N3C)CC2)N(C)[C@@H](c2ccccc2)[C@@H]1c1ccccc1. The maximum Gasteiger partial charge on any atom is 0.351 e. The van der Waals surface area contributed by atoms with Gasteiger partial charge >= 0.3 is 11.9 Å². The molecule has 0 unspecified atom stereocenters. The van der Waals surface area contributed by atoms with Crippen molar-refractivity contribution in [1.82, 2.24) is 19.6 Å². The van der Waals surface area contributed by atoms with Gasteiger partial charge in [-0.3, -0.25) is 28.8 Å². The highest BCUT2D eigenvalue weighted by Crippen LogP contribution is 2.44. The molecule has 4 atom stereocenters. The molecule has 0 N–H and O–H groups in total. The van der Waals surface area contributed by atoms with Crippen LogP contribution < -0.4 is 0 Å². The number of rotatable bonds is 4. The smallest absolute Gasteiger partial charge is 0.258 e. The molecule has 3 aliphatic heterocycles. The third kappa shape index (κ3) is 4.83. The lowest BCUT2D eigenvalue weighted by molar-refractivity contribution is -0.671. The zero-order valence-electron chi connectivity index (χ0n) is 26.4. The van der Waals surface area contributed by atoms with Crippen molar-refractivity contribution in [3.05, 3.63) is 144 Å². The Morgan fingerprint density at radius 3 is 0.773 bits per heavy atom. The summed E-state index contributed by atoms with van der Waals surface area (Å²) in [6.07, 6.45) is 0. The Bertz CT molecular complexity index is 1390. The fourth-order valence-electron chi connectivity index (χ4n) is 8.07. The van der Waals surface area contributed by atoms with Gasteiger partial charge in [0.2, 0.25) is 0 Å². The third-order valence-corrected chi connectivity index (χ3v) is 9.94. The van der Waals surface area contributed by atoms with E-state index in [1.54, 1.807) is 0 Å². The molecule has 0 aromatic heterocycles. The van der Waals surface area contributed by atoms with Crippen LogP contribution in [0.1, 0.15) is 46.4 Å². The van der Waals surface area contributed by atoms with E-state index in [1.165, 1.54) is 34.2 Å². The Hall–Kier alpha value is -4.58. The molecule has 6 nitrogen and oxygen atoms in total. The maximum atomic E-state index is 2.61. The van der Waals surface area contributed by atoms with E-state index in [1.807, 2.05) is 0 Å². The molecule has 6 heteroatoms. The van der Waals surface area contributed by atoms with Crippen molar-refractivity contribution >= 4 is 11.9 Å². The highest BCUT2D eigenvalue weighted by molar-refractivity contribution is 5.80. The second-order valence-corrected chi connectivity index (χ2v) is 12.4. The van der Waals surface area contributed by atoms with E-state index in [0.29, 0.717) is 0 Å². The van der Waals surface area contributed by atoms with E-state index >= 15 is 0 Å². The minimum Gasteiger partial charge on any atom is -0.258 e. The molecule has 7 rings (SSSR count). The van der Waals surface area contributed by atoms with E-state index in [4.69, 9.17) is 0 Å². The number of guanidine groups is 2. The highest BCUT2D eigenvalue weighted by atomic mass is 15.5. The molecule has 3 fully saturated rings. The first-order chi connectivity index (χ1) is 21.5. The largest absolute Gasteiger partial charge is 0.351 e. The van der Waals surface area contributed by atoms with Gasteiger partial charge in [-0.1, -0.05) is 121 Å². The van der Waals surface area contributed by atoms with Gasteiger partial charge in [-0.05, 0) is 22.3 Å². The lowest BCUT2D eigenvalue weighted by atomic mass is 9.93. The van der Waals surface area contributed by atoms with E-state index in [0.717, 1.165) is 26.2 Å². The van der Waals surface area contributed by atoms with Gasteiger partial charge in [0.1, 0.15) is 24.2 Å². The molecular formula is C38H44N6+2. The molecule has 3 saturated heterocycles. The first-order valence-electron chi connectivity index (χ1n) is 15.9. The summed E-state index contributed by atoms with van der Waals surface area (Å²) >= 11 is 0. The van der Waals surface area contributed by atoms with Gasteiger partial charge in [0.25, 0.3) is 0 Å². The normalized spacial score (nSPS) is 24.1. The molecule has 4 aromatic rings. The van der Waals surface area contributed by atoms with Gasteiger partial charge in [-0.25, -0.2) is 0 Å². The third-order valence-electron chi connectivity index (χ3n) is 9.94. The molecule has 224 valence electrons. The topological polar surface area (TPSA) is 19.0 Å². The van der Waals surface area contributed by atoms with Crippen molar-refractivity contribution in [2.24, 2.45) is 0 Å². The van der Waals surface area contributed by atoms with Crippen LogP contribution in [0.2, 0.25) is 0 Å². The summed E-state index contributed by atoms with van der Waals surface area (Å²) in [5.41, 5.74) is 5.42. The molecule has 0 bridgehead atoms. The molecule has 44 heavy (non-hydrogen) atoms. The maximum absolute atomic E-state index is 2.61. The highest BCUT2D eigenvalue weighted by Gasteiger charge is 2.52. The summed E-state index contributed by atoms with van der Waals surface area (Å²) in [6.45, 7) is 3.91. The number of likely N-dealkylation sites (N-methyl/N-ethyl adjacent to an activating group) is 4. The van der Waals surface area contributed by atoms with E-state index in [-0.39, 0.29) is 24.2 Å². The van der Waals surface area contributed by atoms with E-state index in [9.17, 15) is 0 Å². The molecule has 0 saturated carbocycles. The molecule has 0 aliphatic carbocycles. The predicted octanol–water partition coefficient (Wildman–Crippen LogP) is 5.46. The van der Waals surface area contributed by atoms with Crippen molar-refractivity contribution < 1.29 is 9.15 Å². The van der Waals surface area contributed by atoms with Crippen LogP contribution in [0.25, 0.3) is 0 Å². The van der Waals surface area contributed by atoms with Crippen molar-refractivity contribution in [3.63, 3.8) is 0 Å². The minimum atomic E-state index is 0.247. The quantitative estimate of drug-likeness (QED) is 0.297. The van der Waals surface area contributed by atoms with Gasteiger partial charge in [0.15, 0.2) is 0 Å². The fraction of sp³-hybridized carbons (Fsp3) is 0.316. The van der Waals surface area contributed by atoms with Crippen LogP contribution in [0.4, 0.5) is 0 Å². The monoisotopic (exact) mass is 584 g/mol. The second kappa shape index (κ2) is 11.8. The lowest BCUT2D eigenvalue weighted by Crippen LogP contribution is -2.50. The first kappa shape index (κ1) is 28.2. The Balaban J connectivity index is 1.22. The van der Waals surface area contributed by atoms with Crippen LogP contribution in [-0.2, 0) is 0 Å². The van der Waals surface area contributed by atoms with E-state index < -0.39 is 0 Å². The molecule has 0 amide bonds. The molecule has 3 heterocycles. The van der Waals surface area contributed by atoms with Gasteiger partial charge in [0.05, 0.1) is 54.4 Å². The van der Waals surface area contributed by atoms with Crippen LogP contribution in [-0.4, -0.2) is 95.0 Å². The first-order valence-corrected chi connectivity index (χ1v) is 15.9. The number of nitrogens with zero attached hydrogens (tertiary/aromatic N) is 6. The molecule has 0 spiro atoms. The van der Waals surface area contributed by atoms with Crippen LogP contribution in [0.15, 0.2) is 121 Å². The number of hydrogen-bond acceptors (Lipinski definition) is 0. The van der Waals surface area contributed by atoms with Crippen molar-refractivity contribution in [2.75, 3.05) is 54.4 Å². The zero-order valence-corrected chi connectivity index (χ0v) is 26.4. The Kier molecular flexibility index (Phi) is 7.59. The van der Waals surface area contributed by atoms with Crippen molar-refractivity contribution in [2.45, 2.75) is 24.2 Å². The summed E-state index contributed by atoms with van der Waals surface area (Å²) in [5.74, 6) is 2.63.